The van der Waals surface area contributed by atoms with Crippen LogP contribution in [-0.4, -0.2) is 29.9 Å². The Bertz CT molecular complexity index is 266. The zero-order valence-electron chi connectivity index (χ0n) is 9.50. The Morgan fingerprint density at radius 2 is 2.14 bits per heavy atom. The maximum absolute atomic E-state index is 11.9. The van der Waals surface area contributed by atoms with E-state index in [4.69, 9.17) is 5.73 Å². The predicted octanol–water partition coefficient (Wildman–Crippen LogP) is 1.15. The third-order valence-electron chi connectivity index (χ3n) is 2.60. The lowest BCUT2D eigenvalue weighted by atomic mass is 9.97. The van der Waals surface area contributed by atoms with E-state index in [2.05, 4.69) is 0 Å². The molecule has 3 nitrogen and oxygen atoms in total. The largest absolute Gasteiger partial charge is 0.340 e. The molecule has 14 heavy (non-hydrogen) atoms. The van der Waals surface area contributed by atoms with Gasteiger partial charge in [-0.2, -0.15) is 0 Å². The third-order valence-corrected chi connectivity index (χ3v) is 2.60. The molecule has 1 rings (SSSR count). The Morgan fingerprint density at radius 1 is 1.57 bits per heavy atom. The maximum atomic E-state index is 11.9. The summed E-state index contributed by atoms with van der Waals surface area (Å²) in [6.07, 6.45) is 2.77. The molecule has 0 saturated carbocycles. The highest BCUT2D eigenvalue weighted by Gasteiger charge is 2.28. The maximum Gasteiger partial charge on any atom is 0.249 e. The van der Waals surface area contributed by atoms with Crippen molar-refractivity contribution in [1.29, 1.82) is 0 Å². The molecule has 3 heteroatoms. The van der Waals surface area contributed by atoms with Gasteiger partial charge in [-0.15, -0.1) is 0 Å². The number of hydrogen-bond acceptors (Lipinski definition) is 2. The quantitative estimate of drug-likeness (QED) is 0.684. The first-order valence-corrected chi connectivity index (χ1v) is 5.08. The summed E-state index contributed by atoms with van der Waals surface area (Å²) in [6.45, 7) is 6.68. The van der Waals surface area contributed by atoms with Crippen LogP contribution in [0.4, 0.5) is 0 Å². The summed E-state index contributed by atoms with van der Waals surface area (Å²) in [5, 5.41) is 0. The molecule has 0 spiro atoms. The van der Waals surface area contributed by atoms with Crippen LogP contribution in [0.15, 0.2) is 11.6 Å². The number of hydrogen-bond donors (Lipinski definition) is 1. The molecule has 0 aromatic carbocycles. The van der Waals surface area contributed by atoms with Crippen LogP contribution in [0, 0.1) is 5.92 Å². The van der Waals surface area contributed by atoms with Crippen LogP contribution in [0.25, 0.3) is 0 Å². The smallest absolute Gasteiger partial charge is 0.249 e. The Kier molecular flexibility index (Phi) is 3.00. The van der Waals surface area contributed by atoms with Crippen molar-refractivity contribution in [2.24, 2.45) is 11.7 Å². The Morgan fingerprint density at radius 3 is 2.64 bits per heavy atom. The standard InChI is InChI=1S/C11H20N2O/c1-8(2)9-5-6-11(3,12)7-13(4)10(9)14/h5,8H,6-7,12H2,1-4H3. The van der Waals surface area contributed by atoms with Crippen molar-refractivity contribution in [2.75, 3.05) is 13.6 Å². The fourth-order valence-corrected chi connectivity index (χ4v) is 1.81. The minimum atomic E-state index is -0.291. The van der Waals surface area contributed by atoms with Gasteiger partial charge in [-0.1, -0.05) is 19.9 Å². The van der Waals surface area contributed by atoms with Crippen LogP contribution in [0.2, 0.25) is 0 Å². The van der Waals surface area contributed by atoms with Crippen molar-refractivity contribution < 1.29 is 4.79 Å². The number of nitrogens with two attached hydrogens (primary N) is 1. The minimum absolute atomic E-state index is 0.120. The fourth-order valence-electron chi connectivity index (χ4n) is 1.81. The van der Waals surface area contributed by atoms with Gasteiger partial charge in [0.05, 0.1) is 0 Å². The second-order valence-electron chi connectivity index (χ2n) is 4.83. The van der Waals surface area contributed by atoms with Crippen LogP contribution in [0.5, 0.6) is 0 Å². The summed E-state index contributed by atoms with van der Waals surface area (Å²) in [5.74, 6) is 0.396. The number of rotatable bonds is 1. The van der Waals surface area contributed by atoms with Crippen LogP contribution in [0.3, 0.4) is 0 Å². The molecule has 0 aromatic heterocycles. The molecule has 1 aliphatic heterocycles. The van der Waals surface area contributed by atoms with E-state index in [1.165, 1.54) is 0 Å². The number of amides is 1. The molecule has 0 aliphatic carbocycles. The third kappa shape index (κ3) is 2.35. The van der Waals surface area contributed by atoms with Crippen LogP contribution >= 0.6 is 0 Å². The van der Waals surface area contributed by atoms with Gasteiger partial charge in [-0.25, -0.2) is 0 Å². The van der Waals surface area contributed by atoms with E-state index in [1.54, 1.807) is 4.90 Å². The Balaban J connectivity index is 2.96. The van der Waals surface area contributed by atoms with Gasteiger partial charge in [0.25, 0.3) is 0 Å². The first-order chi connectivity index (χ1) is 6.33. The lowest BCUT2D eigenvalue weighted by Crippen LogP contribution is -2.46. The minimum Gasteiger partial charge on any atom is -0.340 e. The first kappa shape index (κ1) is 11.2. The van der Waals surface area contributed by atoms with Gasteiger partial charge in [-0.05, 0) is 19.3 Å². The topological polar surface area (TPSA) is 46.3 Å². The summed E-state index contributed by atoms with van der Waals surface area (Å²) in [4.78, 5) is 13.6. The van der Waals surface area contributed by atoms with Crippen molar-refractivity contribution in [2.45, 2.75) is 32.7 Å². The monoisotopic (exact) mass is 196 g/mol. The van der Waals surface area contributed by atoms with Gasteiger partial charge in [0.2, 0.25) is 5.91 Å². The van der Waals surface area contributed by atoms with Crippen molar-refractivity contribution >= 4 is 5.91 Å². The van der Waals surface area contributed by atoms with Crippen molar-refractivity contribution in [3.63, 3.8) is 0 Å². The molecule has 1 heterocycles. The molecule has 0 bridgehead atoms. The van der Waals surface area contributed by atoms with Gasteiger partial charge >= 0.3 is 0 Å². The lowest BCUT2D eigenvalue weighted by Gasteiger charge is -2.26. The highest BCUT2D eigenvalue weighted by atomic mass is 16.2. The average Bonchev–Trinajstić information content (AvgIpc) is 2.10. The molecule has 0 aromatic rings. The summed E-state index contributed by atoms with van der Waals surface area (Å²) in [5.41, 5.74) is 6.65. The van der Waals surface area contributed by atoms with E-state index >= 15 is 0 Å². The van der Waals surface area contributed by atoms with Crippen molar-refractivity contribution in [3.8, 4) is 0 Å². The van der Waals surface area contributed by atoms with Gasteiger partial charge in [0.1, 0.15) is 0 Å². The van der Waals surface area contributed by atoms with Crippen LogP contribution < -0.4 is 5.73 Å². The zero-order valence-corrected chi connectivity index (χ0v) is 9.50. The molecular weight excluding hydrogens is 176 g/mol. The van der Waals surface area contributed by atoms with Crippen molar-refractivity contribution in [3.05, 3.63) is 11.6 Å². The second kappa shape index (κ2) is 3.73. The molecule has 1 amide bonds. The molecular formula is C11H20N2O. The van der Waals surface area contributed by atoms with Gasteiger partial charge < -0.3 is 10.6 Å². The van der Waals surface area contributed by atoms with E-state index in [0.717, 1.165) is 12.0 Å². The van der Waals surface area contributed by atoms with E-state index in [0.29, 0.717) is 6.54 Å². The normalized spacial score (nSPS) is 29.1. The summed E-state index contributed by atoms with van der Waals surface area (Å²) >= 11 is 0. The zero-order chi connectivity index (χ0) is 10.9. The average molecular weight is 196 g/mol. The van der Waals surface area contributed by atoms with E-state index < -0.39 is 0 Å². The summed E-state index contributed by atoms with van der Waals surface area (Å²) in [6, 6.07) is 0. The molecule has 1 unspecified atom stereocenters. The molecule has 2 N–H and O–H groups in total. The van der Waals surface area contributed by atoms with Gasteiger partial charge in [-0.3, -0.25) is 4.79 Å². The van der Waals surface area contributed by atoms with Gasteiger partial charge in [0, 0.05) is 24.7 Å². The van der Waals surface area contributed by atoms with Crippen LogP contribution in [0.1, 0.15) is 27.2 Å². The number of likely N-dealkylation sites (N-methyl/N-ethyl adjacent to an activating group) is 1. The molecule has 80 valence electrons. The second-order valence-corrected chi connectivity index (χ2v) is 4.83. The number of nitrogens with zero attached hydrogens (tertiary/aromatic N) is 1. The van der Waals surface area contributed by atoms with E-state index in [1.807, 2.05) is 33.9 Å². The molecule has 0 fully saturated rings. The van der Waals surface area contributed by atoms with Crippen LogP contribution in [-0.2, 0) is 4.79 Å². The Labute approximate surface area is 86.0 Å². The number of carbonyl (C=O) groups is 1. The van der Waals surface area contributed by atoms with E-state index in [-0.39, 0.29) is 17.4 Å². The number of carbonyl (C=O) groups excluding carboxylic acids is 1. The molecule has 0 radical (unpaired) electrons. The predicted molar refractivity (Wildman–Crippen MR) is 57.8 cm³/mol. The Hall–Kier alpha value is -0.830. The fraction of sp³-hybridized carbons (Fsp3) is 0.727. The SMILES string of the molecule is CC(C)C1=CCC(C)(N)CN(C)C1=O. The van der Waals surface area contributed by atoms with Crippen molar-refractivity contribution in [1.82, 2.24) is 4.90 Å². The first-order valence-electron chi connectivity index (χ1n) is 5.08. The highest BCUT2D eigenvalue weighted by Crippen LogP contribution is 2.21. The molecule has 1 atom stereocenters. The molecule has 1 aliphatic rings. The van der Waals surface area contributed by atoms with E-state index in [9.17, 15) is 4.79 Å². The summed E-state index contributed by atoms with van der Waals surface area (Å²) < 4.78 is 0. The summed E-state index contributed by atoms with van der Waals surface area (Å²) in [7, 11) is 1.81. The van der Waals surface area contributed by atoms with Gasteiger partial charge in [0.15, 0.2) is 0 Å². The molecule has 0 saturated heterocycles. The lowest BCUT2D eigenvalue weighted by molar-refractivity contribution is -0.126. The highest BCUT2D eigenvalue weighted by molar-refractivity contribution is 5.94.